The van der Waals surface area contributed by atoms with Gasteiger partial charge in [0.15, 0.2) is 0 Å². The number of carbonyl (C=O) groups excluding carboxylic acids is 2. The van der Waals surface area contributed by atoms with E-state index in [2.05, 4.69) is 5.32 Å². The number of nitro benzene ring substituents is 1. The van der Waals surface area contributed by atoms with Crippen LogP contribution in [0, 0.1) is 28.8 Å². The van der Waals surface area contributed by atoms with Crippen LogP contribution < -0.4 is 5.32 Å². The summed E-state index contributed by atoms with van der Waals surface area (Å²) in [6, 6.07) is 10.3. The van der Waals surface area contributed by atoms with Gasteiger partial charge in [0.25, 0.3) is 17.5 Å². The number of carbonyl (C=O) groups is 2. The van der Waals surface area contributed by atoms with Gasteiger partial charge >= 0.3 is 0 Å². The van der Waals surface area contributed by atoms with Crippen molar-refractivity contribution in [3.8, 4) is 0 Å². The molecule has 0 bridgehead atoms. The van der Waals surface area contributed by atoms with Gasteiger partial charge in [0.05, 0.1) is 10.5 Å². The van der Waals surface area contributed by atoms with Gasteiger partial charge in [-0.1, -0.05) is 18.2 Å². The minimum Gasteiger partial charge on any atom is -0.352 e. The van der Waals surface area contributed by atoms with E-state index in [1.54, 1.807) is 36.1 Å². The number of nitro groups is 1. The number of halogens is 1. The summed E-state index contributed by atoms with van der Waals surface area (Å²) in [7, 11) is 0. The Kier molecular flexibility index (Phi) is 6.21. The Labute approximate surface area is 167 Å². The molecule has 0 unspecified atom stereocenters. The third kappa shape index (κ3) is 4.77. The van der Waals surface area contributed by atoms with E-state index in [1.807, 2.05) is 0 Å². The fraction of sp³-hybridized carbons (Fsp3) is 0.333. The highest BCUT2D eigenvalue weighted by molar-refractivity contribution is 5.95. The van der Waals surface area contributed by atoms with Crippen LogP contribution in [0.2, 0.25) is 0 Å². The highest BCUT2D eigenvalue weighted by atomic mass is 19.1. The van der Waals surface area contributed by atoms with Crippen LogP contribution in [0.4, 0.5) is 10.1 Å². The Balaban J connectivity index is 1.52. The highest BCUT2D eigenvalue weighted by Gasteiger charge is 2.25. The van der Waals surface area contributed by atoms with Crippen molar-refractivity contribution in [3.05, 3.63) is 75.1 Å². The number of hydrogen-bond acceptors (Lipinski definition) is 4. The van der Waals surface area contributed by atoms with Crippen LogP contribution in [0.15, 0.2) is 42.5 Å². The fourth-order valence-electron chi connectivity index (χ4n) is 3.43. The second-order valence-corrected chi connectivity index (χ2v) is 7.18. The van der Waals surface area contributed by atoms with Gasteiger partial charge in [0, 0.05) is 36.8 Å². The average Bonchev–Trinajstić information content (AvgIpc) is 2.72. The van der Waals surface area contributed by atoms with Crippen molar-refractivity contribution >= 4 is 17.5 Å². The van der Waals surface area contributed by atoms with Crippen molar-refractivity contribution in [3.63, 3.8) is 0 Å². The number of benzene rings is 2. The van der Waals surface area contributed by atoms with Gasteiger partial charge < -0.3 is 10.2 Å². The molecule has 1 saturated heterocycles. The van der Waals surface area contributed by atoms with Crippen LogP contribution in [0.1, 0.15) is 39.1 Å². The molecule has 1 N–H and O–H groups in total. The zero-order valence-electron chi connectivity index (χ0n) is 16.1. The summed E-state index contributed by atoms with van der Waals surface area (Å²) in [6.07, 6.45) is 1.38. The normalized spacial score (nSPS) is 14.5. The van der Waals surface area contributed by atoms with Crippen LogP contribution >= 0.6 is 0 Å². The second kappa shape index (κ2) is 8.81. The number of amides is 2. The first kappa shape index (κ1) is 20.4. The number of aryl methyl sites for hydroxylation is 1. The lowest BCUT2D eigenvalue weighted by atomic mass is 9.96. The lowest BCUT2D eigenvalue weighted by Gasteiger charge is -2.32. The van der Waals surface area contributed by atoms with Crippen LogP contribution in [0.5, 0.6) is 0 Å². The van der Waals surface area contributed by atoms with Gasteiger partial charge in [-0.15, -0.1) is 0 Å². The van der Waals surface area contributed by atoms with Gasteiger partial charge in [0.1, 0.15) is 5.82 Å². The van der Waals surface area contributed by atoms with Crippen LogP contribution in [-0.4, -0.2) is 41.3 Å². The molecule has 0 spiro atoms. The van der Waals surface area contributed by atoms with Crippen LogP contribution in [-0.2, 0) is 0 Å². The minimum atomic E-state index is -0.529. The predicted octanol–water partition coefficient (Wildman–Crippen LogP) is 3.32. The van der Waals surface area contributed by atoms with E-state index in [1.165, 1.54) is 18.2 Å². The topological polar surface area (TPSA) is 92.6 Å². The van der Waals surface area contributed by atoms with E-state index in [4.69, 9.17) is 0 Å². The molecule has 0 aliphatic carbocycles. The largest absolute Gasteiger partial charge is 0.352 e. The minimum absolute atomic E-state index is 0.0696. The number of likely N-dealkylation sites (tertiary alicyclic amines) is 1. The molecular weight excluding hydrogens is 377 g/mol. The predicted molar refractivity (Wildman–Crippen MR) is 105 cm³/mol. The summed E-state index contributed by atoms with van der Waals surface area (Å²) >= 11 is 0. The first-order valence-corrected chi connectivity index (χ1v) is 9.44. The molecule has 1 fully saturated rings. The molecule has 2 aromatic carbocycles. The third-order valence-corrected chi connectivity index (χ3v) is 5.23. The number of hydrogen-bond donors (Lipinski definition) is 1. The summed E-state index contributed by atoms with van der Waals surface area (Å²) in [6.45, 7) is 3.02. The first-order chi connectivity index (χ1) is 13.9. The van der Waals surface area contributed by atoms with E-state index >= 15 is 0 Å². The molecule has 0 aromatic heterocycles. The Morgan fingerprint density at radius 3 is 2.55 bits per heavy atom. The Hall–Kier alpha value is -3.29. The van der Waals surface area contributed by atoms with Crippen LogP contribution in [0.3, 0.4) is 0 Å². The van der Waals surface area contributed by atoms with Gasteiger partial charge in [-0.25, -0.2) is 4.39 Å². The first-order valence-electron chi connectivity index (χ1n) is 9.44. The Bertz CT molecular complexity index is 939. The number of piperidine rings is 1. The molecule has 0 radical (unpaired) electrons. The van der Waals surface area contributed by atoms with E-state index < -0.39 is 10.7 Å². The maximum absolute atomic E-state index is 13.8. The lowest BCUT2D eigenvalue weighted by molar-refractivity contribution is -0.385. The molecule has 1 heterocycles. The van der Waals surface area contributed by atoms with Crippen molar-refractivity contribution in [2.75, 3.05) is 19.6 Å². The maximum atomic E-state index is 13.8. The molecule has 1 aliphatic heterocycles. The molecule has 2 aromatic rings. The molecule has 1 aliphatic rings. The molecule has 7 nitrogen and oxygen atoms in total. The number of rotatable bonds is 5. The van der Waals surface area contributed by atoms with E-state index in [9.17, 15) is 24.1 Å². The number of nitrogens with zero attached hydrogens (tertiary/aromatic N) is 2. The molecule has 0 saturated carbocycles. The SMILES string of the molecule is Cc1ccc(C(=O)NCC2CCN(C(=O)c3ccccc3F)CC2)cc1[N+](=O)[O-]. The summed E-state index contributed by atoms with van der Waals surface area (Å²) in [5.74, 6) is -1.03. The van der Waals surface area contributed by atoms with Crippen molar-refractivity contribution in [2.24, 2.45) is 5.92 Å². The molecule has 0 atom stereocenters. The van der Waals surface area contributed by atoms with Gasteiger partial charge in [-0.05, 0) is 43.9 Å². The molecule has 29 heavy (non-hydrogen) atoms. The van der Waals surface area contributed by atoms with E-state index in [0.717, 1.165) is 0 Å². The van der Waals surface area contributed by atoms with Gasteiger partial charge in [-0.3, -0.25) is 19.7 Å². The highest BCUT2D eigenvalue weighted by Crippen LogP contribution is 2.21. The van der Waals surface area contributed by atoms with E-state index in [0.29, 0.717) is 38.0 Å². The average molecular weight is 399 g/mol. The third-order valence-electron chi connectivity index (χ3n) is 5.23. The number of nitrogens with one attached hydrogen (secondary N) is 1. The zero-order valence-corrected chi connectivity index (χ0v) is 16.1. The van der Waals surface area contributed by atoms with Crippen molar-refractivity contribution < 1.29 is 18.9 Å². The molecule has 3 rings (SSSR count). The van der Waals surface area contributed by atoms with Crippen molar-refractivity contribution in [2.45, 2.75) is 19.8 Å². The molecule has 2 amide bonds. The summed E-state index contributed by atoms with van der Waals surface area (Å²) in [5, 5.41) is 13.8. The summed E-state index contributed by atoms with van der Waals surface area (Å²) in [4.78, 5) is 36.9. The zero-order chi connectivity index (χ0) is 21.0. The van der Waals surface area contributed by atoms with Gasteiger partial charge in [-0.2, -0.15) is 0 Å². The Morgan fingerprint density at radius 1 is 1.21 bits per heavy atom. The van der Waals surface area contributed by atoms with Crippen LogP contribution in [0.25, 0.3) is 0 Å². The fourth-order valence-corrected chi connectivity index (χ4v) is 3.43. The molecule has 152 valence electrons. The maximum Gasteiger partial charge on any atom is 0.273 e. The second-order valence-electron chi connectivity index (χ2n) is 7.18. The summed E-state index contributed by atoms with van der Waals surface area (Å²) in [5.41, 5.74) is 0.728. The van der Waals surface area contributed by atoms with Crippen molar-refractivity contribution in [1.29, 1.82) is 0 Å². The monoisotopic (exact) mass is 399 g/mol. The smallest absolute Gasteiger partial charge is 0.273 e. The van der Waals surface area contributed by atoms with Crippen molar-refractivity contribution in [1.82, 2.24) is 10.2 Å². The standard InChI is InChI=1S/C21H22FN3O4/c1-14-6-7-16(12-19(14)25(28)29)20(26)23-13-15-8-10-24(11-9-15)21(27)17-4-2-3-5-18(17)22/h2-7,12,15H,8-11,13H2,1H3,(H,23,26). The molecule has 8 heteroatoms. The summed E-state index contributed by atoms with van der Waals surface area (Å²) < 4.78 is 13.8. The quantitative estimate of drug-likeness (QED) is 0.617. The van der Waals surface area contributed by atoms with Gasteiger partial charge in [0.2, 0.25) is 0 Å². The molecular formula is C21H22FN3O4. The van der Waals surface area contributed by atoms with E-state index in [-0.39, 0.29) is 34.5 Å². The Morgan fingerprint density at radius 2 is 1.90 bits per heavy atom. The lowest BCUT2D eigenvalue weighted by Crippen LogP contribution is -2.41.